The van der Waals surface area contributed by atoms with Crippen molar-refractivity contribution in [2.45, 2.75) is 40.5 Å². The number of urea groups is 1. The molecule has 0 aliphatic carbocycles. The monoisotopic (exact) mass is 427 g/mol. The van der Waals surface area contributed by atoms with Gasteiger partial charge in [-0.1, -0.05) is 45.9 Å². The van der Waals surface area contributed by atoms with Crippen molar-refractivity contribution in [3.05, 3.63) is 42.2 Å². The molecule has 0 saturated heterocycles. The Hall–Kier alpha value is -2.36. The Morgan fingerprint density at radius 3 is 2.10 bits per heavy atom. The number of nitrogens with zero attached hydrogens (tertiary/aromatic N) is 1. The second kappa shape index (κ2) is 25.6. The Morgan fingerprint density at radius 2 is 1.69 bits per heavy atom. The first-order valence-corrected chi connectivity index (χ1v) is 10.4. The van der Waals surface area contributed by atoms with Gasteiger partial charge in [-0.3, -0.25) is 9.89 Å². The van der Waals surface area contributed by atoms with E-state index in [1.807, 2.05) is 39.0 Å². The molecule has 1 aromatic heterocycles. The van der Waals surface area contributed by atoms with Gasteiger partial charge in [-0.2, -0.15) is 17.7 Å². The summed E-state index contributed by atoms with van der Waals surface area (Å²) in [4.78, 5) is 22.2. The first-order chi connectivity index (χ1) is 14.1. The number of thiol groups is 1. The van der Waals surface area contributed by atoms with Crippen LogP contribution in [0.1, 0.15) is 51.0 Å². The van der Waals surface area contributed by atoms with Gasteiger partial charge in [0.2, 0.25) is 0 Å². The molecule has 2 aromatic rings. The number of benzene rings is 1. The number of anilines is 2. The van der Waals surface area contributed by atoms with Crippen LogP contribution in [0, 0.1) is 0 Å². The largest absolute Gasteiger partial charge is 0.396 e. The average Bonchev–Trinajstić information content (AvgIpc) is 3.24. The molecule has 6 N–H and O–H groups in total. The third kappa shape index (κ3) is 18.8. The van der Waals surface area contributed by atoms with Crippen molar-refractivity contribution >= 4 is 36.3 Å². The van der Waals surface area contributed by atoms with E-state index in [0.29, 0.717) is 24.3 Å². The van der Waals surface area contributed by atoms with Crippen molar-refractivity contribution in [2.24, 2.45) is 5.73 Å². The van der Waals surface area contributed by atoms with Crippen molar-refractivity contribution in [1.29, 1.82) is 0 Å². The van der Waals surface area contributed by atoms with Gasteiger partial charge in [0.15, 0.2) is 6.29 Å². The van der Waals surface area contributed by atoms with Crippen molar-refractivity contribution in [1.82, 2.24) is 10.2 Å². The third-order valence-electron chi connectivity index (χ3n) is 2.58. The van der Waals surface area contributed by atoms with Crippen molar-refractivity contribution in [3.63, 3.8) is 0 Å². The number of nitrogens with two attached hydrogens (primary N) is 1. The molecule has 0 radical (unpaired) electrons. The summed E-state index contributed by atoms with van der Waals surface area (Å²) in [6, 6.07) is 8.56. The normalized spacial score (nSPS) is 8.14. The number of hydrogen-bond donors (Lipinski definition) is 6. The summed E-state index contributed by atoms with van der Waals surface area (Å²) < 4.78 is 0. The zero-order valence-electron chi connectivity index (χ0n) is 18.1. The molecule has 0 unspecified atom stereocenters. The van der Waals surface area contributed by atoms with E-state index in [-0.39, 0.29) is 5.69 Å². The minimum absolute atomic E-state index is 0.230. The maximum absolute atomic E-state index is 11.6. The number of aromatic nitrogens is 2. The highest BCUT2D eigenvalue weighted by molar-refractivity contribution is 7.79. The minimum atomic E-state index is -0.430. The maximum atomic E-state index is 11.6. The molecule has 0 fully saturated rings. The SMILES string of the molecule is CC.CCCN.CCCO.CS.O=Cc1[nH]ncc1NC(=O)Nc1ccccc1. The zero-order valence-corrected chi connectivity index (χ0v) is 19.0. The van der Waals surface area contributed by atoms with Crippen LogP contribution < -0.4 is 16.4 Å². The standard InChI is InChI=1S/C11H10N4O2.C3H9N.C3H8O.C2H6.CH4S/c16-7-10-9(6-12-15-10)14-11(17)13-8-4-2-1-3-5-8;2*1-2-3-4;2*1-2/h1-7H,(H,12,15)(H2,13,14,17);2-4H2,1H3;4H,2-3H2,1H3;1-2H3;2H,1H3. The molecule has 0 aliphatic heterocycles. The van der Waals surface area contributed by atoms with Crippen LogP contribution in [0.15, 0.2) is 36.5 Å². The number of carbonyl (C=O) groups is 2. The third-order valence-corrected chi connectivity index (χ3v) is 2.58. The number of aliphatic hydroxyl groups excluding tert-OH is 1. The highest BCUT2D eigenvalue weighted by atomic mass is 32.1. The fourth-order valence-corrected chi connectivity index (χ4v) is 1.29. The van der Waals surface area contributed by atoms with E-state index in [2.05, 4.69) is 40.4 Å². The van der Waals surface area contributed by atoms with E-state index in [4.69, 9.17) is 10.8 Å². The molecule has 1 aromatic carbocycles. The first-order valence-electron chi connectivity index (χ1n) is 9.50. The van der Waals surface area contributed by atoms with Crippen molar-refractivity contribution in [3.8, 4) is 0 Å². The number of para-hydroxylation sites is 1. The molecule has 0 aliphatic rings. The fraction of sp³-hybridized carbons (Fsp3) is 0.450. The van der Waals surface area contributed by atoms with Gasteiger partial charge in [0, 0.05) is 12.3 Å². The van der Waals surface area contributed by atoms with Crippen molar-refractivity contribution < 1.29 is 14.7 Å². The summed E-state index contributed by atoms with van der Waals surface area (Å²) >= 11 is 3.53. The Bertz CT molecular complexity index is 587. The molecule has 9 heteroatoms. The molecule has 2 rings (SSSR count). The van der Waals surface area contributed by atoms with Crippen molar-refractivity contribution in [2.75, 3.05) is 30.0 Å². The van der Waals surface area contributed by atoms with Gasteiger partial charge in [-0.25, -0.2) is 4.79 Å². The van der Waals surface area contributed by atoms with Gasteiger partial charge >= 0.3 is 6.03 Å². The lowest BCUT2D eigenvalue weighted by Crippen LogP contribution is -2.19. The minimum Gasteiger partial charge on any atom is -0.396 e. The molecular formula is C20H37N5O3S. The van der Waals surface area contributed by atoms with E-state index < -0.39 is 6.03 Å². The first kappa shape index (κ1) is 31.3. The molecule has 1 heterocycles. The second-order valence-corrected chi connectivity index (χ2v) is 4.77. The number of amides is 2. The number of hydrogen-bond acceptors (Lipinski definition) is 6. The average molecular weight is 428 g/mol. The van der Waals surface area contributed by atoms with Gasteiger partial charge in [0.25, 0.3) is 0 Å². The lowest BCUT2D eigenvalue weighted by Gasteiger charge is -2.05. The molecule has 0 spiro atoms. The number of nitrogens with one attached hydrogen (secondary N) is 3. The van der Waals surface area contributed by atoms with E-state index >= 15 is 0 Å². The summed E-state index contributed by atoms with van der Waals surface area (Å²) in [6.45, 7) is 9.12. The number of H-pyrrole nitrogens is 1. The van der Waals surface area contributed by atoms with Crippen LogP contribution in [0.3, 0.4) is 0 Å². The number of aliphatic hydroxyl groups is 1. The topological polar surface area (TPSA) is 133 Å². The predicted molar refractivity (Wildman–Crippen MR) is 126 cm³/mol. The quantitative estimate of drug-likeness (QED) is 0.314. The lowest BCUT2D eigenvalue weighted by atomic mass is 10.3. The summed E-state index contributed by atoms with van der Waals surface area (Å²) in [5.74, 6) is 0. The van der Waals surface area contributed by atoms with Gasteiger partial charge in [0.1, 0.15) is 5.69 Å². The van der Waals surface area contributed by atoms with Crippen LogP contribution in [0.2, 0.25) is 0 Å². The second-order valence-electron chi connectivity index (χ2n) is 4.77. The Kier molecular flexibility index (Phi) is 27.7. The van der Waals surface area contributed by atoms with Gasteiger partial charge in [0.05, 0.1) is 11.9 Å². The zero-order chi connectivity index (χ0) is 22.9. The van der Waals surface area contributed by atoms with Crippen LogP contribution in [0.25, 0.3) is 0 Å². The molecule has 0 atom stereocenters. The molecule has 29 heavy (non-hydrogen) atoms. The molecule has 8 nitrogen and oxygen atoms in total. The summed E-state index contributed by atoms with van der Waals surface area (Å²) in [6.07, 6.45) is 5.62. The predicted octanol–water partition coefficient (Wildman–Crippen LogP) is 4.18. The van der Waals surface area contributed by atoms with E-state index in [1.165, 1.54) is 6.20 Å². The number of rotatable bonds is 5. The van der Waals surface area contributed by atoms with E-state index in [9.17, 15) is 9.59 Å². The Balaban J connectivity index is -0.000000472. The number of aldehydes is 1. The van der Waals surface area contributed by atoms with Crippen LogP contribution in [-0.2, 0) is 0 Å². The van der Waals surface area contributed by atoms with Crippen LogP contribution >= 0.6 is 12.6 Å². The van der Waals surface area contributed by atoms with E-state index in [1.54, 1.807) is 18.4 Å². The van der Waals surface area contributed by atoms with Crippen LogP contribution in [0.5, 0.6) is 0 Å². The summed E-state index contributed by atoms with van der Waals surface area (Å²) in [5.41, 5.74) is 6.27. The Labute approximate surface area is 180 Å². The number of carbonyl (C=O) groups excluding carboxylic acids is 2. The fourth-order valence-electron chi connectivity index (χ4n) is 1.29. The van der Waals surface area contributed by atoms with Gasteiger partial charge < -0.3 is 21.5 Å². The molecule has 2 amide bonds. The van der Waals surface area contributed by atoms with E-state index in [0.717, 1.165) is 19.4 Å². The maximum Gasteiger partial charge on any atom is 0.323 e. The lowest BCUT2D eigenvalue weighted by molar-refractivity contribution is 0.111. The smallest absolute Gasteiger partial charge is 0.323 e. The molecule has 0 saturated carbocycles. The summed E-state index contributed by atoms with van der Waals surface area (Å²) in [5, 5.41) is 19.1. The molecule has 166 valence electrons. The van der Waals surface area contributed by atoms with Gasteiger partial charge in [-0.05, 0) is 37.8 Å². The van der Waals surface area contributed by atoms with Crippen LogP contribution in [-0.4, -0.2) is 47.0 Å². The van der Waals surface area contributed by atoms with Gasteiger partial charge in [-0.15, -0.1) is 0 Å². The highest BCUT2D eigenvalue weighted by Crippen LogP contribution is 2.10. The molecule has 0 bridgehead atoms. The number of aromatic amines is 1. The summed E-state index contributed by atoms with van der Waals surface area (Å²) in [7, 11) is 0. The van der Waals surface area contributed by atoms with Crippen LogP contribution in [0.4, 0.5) is 16.2 Å². The molecular weight excluding hydrogens is 390 g/mol. The highest BCUT2D eigenvalue weighted by Gasteiger charge is 2.07. The Morgan fingerprint density at radius 1 is 1.17 bits per heavy atom.